The molecule has 0 aromatic rings. The first-order valence-electron chi connectivity index (χ1n) is 6.08. The van der Waals surface area contributed by atoms with Gasteiger partial charge < -0.3 is 9.84 Å². The Hall–Kier alpha value is -0.0800. The number of hydrogen-bond donors (Lipinski definition) is 1. The molecule has 82 valence electrons. The molecule has 2 fully saturated rings. The van der Waals surface area contributed by atoms with Gasteiger partial charge in [-0.15, -0.1) is 0 Å². The minimum Gasteiger partial charge on any atom is -0.389 e. The third kappa shape index (κ3) is 2.29. The number of ether oxygens (including phenoxy) is 1. The van der Waals surface area contributed by atoms with E-state index in [-0.39, 0.29) is 5.60 Å². The topological polar surface area (TPSA) is 29.5 Å². The first kappa shape index (κ1) is 10.4. The lowest BCUT2D eigenvalue weighted by Crippen LogP contribution is -2.26. The van der Waals surface area contributed by atoms with Gasteiger partial charge in [0.1, 0.15) is 0 Å². The Kier molecular flexibility index (Phi) is 3.13. The summed E-state index contributed by atoms with van der Waals surface area (Å²) in [5.41, 5.74) is -0.349. The second-order valence-corrected chi connectivity index (χ2v) is 4.99. The van der Waals surface area contributed by atoms with Gasteiger partial charge in [-0.05, 0) is 38.0 Å². The average molecular weight is 198 g/mol. The van der Waals surface area contributed by atoms with Crippen LogP contribution in [0.2, 0.25) is 0 Å². The van der Waals surface area contributed by atoms with Gasteiger partial charge in [0.05, 0.1) is 11.7 Å². The van der Waals surface area contributed by atoms with Gasteiger partial charge in [0, 0.05) is 13.0 Å². The summed E-state index contributed by atoms with van der Waals surface area (Å²) in [5, 5.41) is 10.2. The van der Waals surface area contributed by atoms with Crippen molar-refractivity contribution in [3.05, 3.63) is 0 Å². The second-order valence-electron chi connectivity index (χ2n) is 4.99. The predicted molar refractivity (Wildman–Crippen MR) is 56.2 cm³/mol. The minimum absolute atomic E-state index is 0.343. The van der Waals surface area contributed by atoms with Crippen molar-refractivity contribution in [3.63, 3.8) is 0 Å². The summed E-state index contributed by atoms with van der Waals surface area (Å²) in [4.78, 5) is 0. The zero-order valence-corrected chi connectivity index (χ0v) is 9.17. The standard InChI is InChI=1S/C12H22O2/c1-2-5-10-8-12(10,13)9-11-6-3-4-7-14-11/h10-11,13H,2-9H2,1H3. The van der Waals surface area contributed by atoms with Crippen LogP contribution in [0.4, 0.5) is 0 Å². The molecule has 2 nitrogen and oxygen atoms in total. The molecule has 1 saturated carbocycles. The lowest BCUT2D eigenvalue weighted by molar-refractivity contribution is -0.0259. The number of aliphatic hydroxyl groups is 1. The van der Waals surface area contributed by atoms with E-state index in [0.29, 0.717) is 12.0 Å². The highest BCUT2D eigenvalue weighted by atomic mass is 16.5. The van der Waals surface area contributed by atoms with Gasteiger partial charge in [-0.2, -0.15) is 0 Å². The Morgan fingerprint density at radius 3 is 2.93 bits per heavy atom. The molecule has 0 amide bonds. The first-order valence-corrected chi connectivity index (χ1v) is 6.08. The molecule has 3 unspecified atom stereocenters. The summed E-state index contributed by atoms with van der Waals surface area (Å²) in [5.74, 6) is 0.568. The van der Waals surface area contributed by atoms with Gasteiger partial charge in [-0.3, -0.25) is 0 Å². The summed E-state index contributed by atoms with van der Waals surface area (Å²) >= 11 is 0. The Balaban J connectivity index is 1.74. The molecule has 2 aliphatic rings. The second kappa shape index (κ2) is 4.19. The fourth-order valence-electron chi connectivity index (χ4n) is 2.70. The van der Waals surface area contributed by atoms with E-state index in [9.17, 15) is 5.11 Å². The van der Waals surface area contributed by atoms with E-state index in [2.05, 4.69) is 6.92 Å². The molecule has 2 heteroatoms. The molecular formula is C12H22O2. The van der Waals surface area contributed by atoms with E-state index < -0.39 is 0 Å². The summed E-state index contributed by atoms with van der Waals surface area (Å²) in [7, 11) is 0. The Morgan fingerprint density at radius 1 is 1.43 bits per heavy atom. The molecule has 1 heterocycles. The predicted octanol–water partition coefficient (Wildman–Crippen LogP) is 2.50. The van der Waals surface area contributed by atoms with E-state index in [1.165, 1.54) is 25.7 Å². The van der Waals surface area contributed by atoms with Crippen LogP contribution in [0.1, 0.15) is 51.9 Å². The molecule has 14 heavy (non-hydrogen) atoms. The highest BCUT2D eigenvalue weighted by Crippen LogP contribution is 2.50. The number of rotatable bonds is 4. The molecule has 1 saturated heterocycles. The average Bonchev–Trinajstić information content (AvgIpc) is 2.78. The zero-order valence-electron chi connectivity index (χ0n) is 9.17. The molecule has 0 spiro atoms. The summed E-state index contributed by atoms with van der Waals surface area (Å²) in [6, 6.07) is 0. The van der Waals surface area contributed by atoms with E-state index in [1.54, 1.807) is 0 Å². The van der Waals surface area contributed by atoms with Crippen LogP contribution in [0.25, 0.3) is 0 Å². The molecule has 0 radical (unpaired) electrons. The van der Waals surface area contributed by atoms with E-state index in [4.69, 9.17) is 4.74 Å². The lowest BCUT2D eigenvalue weighted by Gasteiger charge is -2.25. The van der Waals surface area contributed by atoms with Gasteiger partial charge in [0.15, 0.2) is 0 Å². The molecule has 0 aromatic carbocycles. The van der Waals surface area contributed by atoms with Crippen LogP contribution in [0.3, 0.4) is 0 Å². The van der Waals surface area contributed by atoms with Crippen molar-refractivity contribution in [1.82, 2.24) is 0 Å². The van der Waals surface area contributed by atoms with Crippen molar-refractivity contribution in [3.8, 4) is 0 Å². The molecule has 1 N–H and O–H groups in total. The van der Waals surface area contributed by atoms with Gasteiger partial charge in [-0.1, -0.05) is 13.3 Å². The SMILES string of the molecule is CCCC1CC1(O)CC1CCCCO1. The summed E-state index contributed by atoms with van der Waals surface area (Å²) in [6.45, 7) is 3.09. The fraction of sp³-hybridized carbons (Fsp3) is 1.00. The highest BCUT2D eigenvalue weighted by molar-refractivity contribution is 5.04. The summed E-state index contributed by atoms with van der Waals surface area (Å²) in [6.07, 6.45) is 8.25. The van der Waals surface area contributed by atoms with E-state index in [0.717, 1.165) is 25.9 Å². The van der Waals surface area contributed by atoms with Gasteiger partial charge in [0.25, 0.3) is 0 Å². The Bertz CT molecular complexity index is 187. The Morgan fingerprint density at radius 2 is 2.29 bits per heavy atom. The molecule has 1 aliphatic carbocycles. The maximum absolute atomic E-state index is 10.2. The van der Waals surface area contributed by atoms with Crippen LogP contribution in [-0.2, 0) is 4.74 Å². The molecule has 0 bridgehead atoms. The first-order chi connectivity index (χ1) is 6.74. The number of hydrogen-bond acceptors (Lipinski definition) is 2. The van der Waals surface area contributed by atoms with Crippen molar-refractivity contribution >= 4 is 0 Å². The van der Waals surface area contributed by atoms with Crippen molar-refractivity contribution in [2.75, 3.05) is 6.61 Å². The smallest absolute Gasteiger partial charge is 0.0705 e. The van der Waals surface area contributed by atoms with Crippen LogP contribution in [0.5, 0.6) is 0 Å². The molecule has 0 aromatic heterocycles. The molecule has 1 aliphatic heterocycles. The van der Waals surface area contributed by atoms with Crippen molar-refractivity contribution in [2.45, 2.75) is 63.6 Å². The van der Waals surface area contributed by atoms with Crippen molar-refractivity contribution < 1.29 is 9.84 Å². The quantitative estimate of drug-likeness (QED) is 0.752. The lowest BCUT2D eigenvalue weighted by atomic mass is 10.00. The maximum atomic E-state index is 10.2. The zero-order chi connectivity index (χ0) is 10.0. The third-order valence-corrected chi connectivity index (χ3v) is 3.69. The normalized spacial score (nSPS) is 42.4. The molecular weight excluding hydrogens is 176 g/mol. The maximum Gasteiger partial charge on any atom is 0.0705 e. The van der Waals surface area contributed by atoms with Crippen LogP contribution in [-0.4, -0.2) is 23.4 Å². The van der Waals surface area contributed by atoms with E-state index >= 15 is 0 Å². The minimum atomic E-state index is -0.349. The monoisotopic (exact) mass is 198 g/mol. The van der Waals surface area contributed by atoms with Crippen molar-refractivity contribution in [1.29, 1.82) is 0 Å². The van der Waals surface area contributed by atoms with E-state index in [1.807, 2.05) is 0 Å². The molecule has 2 rings (SSSR count). The van der Waals surface area contributed by atoms with Crippen LogP contribution in [0, 0.1) is 5.92 Å². The largest absolute Gasteiger partial charge is 0.389 e. The van der Waals surface area contributed by atoms with Crippen LogP contribution >= 0.6 is 0 Å². The van der Waals surface area contributed by atoms with Gasteiger partial charge >= 0.3 is 0 Å². The summed E-state index contributed by atoms with van der Waals surface area (Å²) < 4.78 is 5.66. The molecule has 3 atom stereocenters. The third-order valence-electron chi connectivity index (χ3n) is 3.69. The van der Waals surface area contributed by atoms with Crippen molar-refractivity contribution in [2.24, 2.45) is 5.92 Å². The van der Waals surface area contributed by atoms with Crippen LogP contribution < -0.4 is 0 Å². The van der Waals surface area contributed by atoms with Gasteiger partial charge in [0.2, 0.25) is 0 Å². The van der Waals surface area contributed by atoms with Crippen LogP contribution in [0.15, 0.2) is 0 Å². The van der Waals surface area contributed by atoms with Gasteiger partial charge in [-0.25, -0.2) is 0 Å². The highest BCUT2D eigenvalue weighted by Gasteiger charge is 2.52. The Labute approximate surface area is 86.6 Å². The fourth-order valence-corrected chi connectivity index (χ4v) is 2.70.